The molecule has 2 aromatic heterocycles. The molecule has 0 radical (unpaired) electrons. The summed E-state index contributed by atoms with van der Waals surface area (Å²) in [5, 5.41) is 0. The number of nitrogens with zero attached hydrogens (tertiary/aromatic N) is 5. The minimum Gasteiger partial charge on any atom is -0.371 e. The number of fused-ring (bicyclic) bond motifs is 5. The van der Waals surface area contributed by atoms with Crippen molar-refractivity contribution >= 4 is 5.69 Å². The van der Waals surface area contributed by atoms with Gasteiger partial charge in [-0.25, -0.2) is 9.37 Å². The Hall–Kier alpha value is -3.38. The van der Waals surface area contributed by atoms with Crippen LogP contribution in [0.25, 0.3) is 28.3 Å². The highest BCUT2D eigenvalue weighted by Crippen LogP contribution is 2.43. The molecule has 4 aromatic rings. The zero-order chi connectivity index (χ0) is 23.7. The van der Waals surface area contributed by atoms with Crippen LogP contribution in [0.4, 0.5) is 10.1 Å². The average Bonchev–Trinajstić information content (AvgIpc) is 3.55. The zero-order valence-electron chi connectivity index (χ0n) is 20.3. The van der Waals surface area contributed by atoms with Gasteiger partial charge in [-0.2, -0.15) is 0 Å². The van der Waals surface area contributed by atoms with Crippen LogP contribution in [0.1, 0.15) is 25.8 Å². The first-order chi connectivity index (χ1) is 17.0. The normalized spacial score (nSPS) is 18.3. The number of hydrogen-bond donors (Lipinski definition) is 0. The summed E-state index contributed by atoms with van der Waals surface area (Å²) in [6.45, 7) is 10.1. The molecule has 0 bridgehead atoms. The molecule has 2 fully saturated rings. The molecule has 6 heteroatoms. The molecule has 7 rings (SSSR count). The monoisotopic (exact) mass is 467 g/mol. The summed E-state index contributed by atoms with van der Waals surface area (Å²) in [6.07, 6.45) is 7.37. The highest BCUT2D eigenvalue weighted by Gasteiger charge is 2.48. The van der Waals surface area contributed by atoms with Crippen molar-refractivity contribution in [2.24, 2.45) is 5.41 Å². The Kier molecular flexibility index (Phi) is 4.52. The van der Waals surface area contributed by atoms with Gasteiger partial charge in [-0.3, -0.25) is 9.47 Å². The van der Waals surface area contributed by atoms with Crippen molar-refractivity contribution in [3.63, 3.8) is 0 Å². The Balaban J connectivity index is 1.22. The van der Waals surface area contributed by atoms with E-state index in [0.717, 1.165) is 42.3 Å². The Morgan fingerprint density at radius 2 is 1.80 bits per heavy atom. The van der Waals surface area contributed by atoms with Crippen LogP contribution in [0.2, 0.25) is 0 Å². The van der Waals surface area contributed by atoms with E-state index < -0.39 is 0 Å². The number of hydrogen-bond acceptors (Lipinski definition) is 3. The molecule has 0 amide bonds. The number of rotatable bonds is 3. The number of anilines is 1. The van der Waals surface area contributed by atoms with Crippen LogP contribution in [-0.2, 0) is 6.54 Å². The van der Waals surface area contributed by atoms with Crippen LogP contribution in [0.15, 0.2) is 67.1 Å². The van der Waals surface area contributed by atoms with Crippen LogP contribution >= 0.6 is 0 Å². The number of aromatic nitrogens is 3. The molecule has 2 saturated heterocycles. The molecule has 3 aliphatic heterocycles. The van der Waals surface area contributed by atoms with Crippen LogP contribution in [0.5, 0.6) is 0 Å². The molecule has 0 saturated carbocycles. The molecule has 3 aliphatic rings. The fourth-order valence-corrected chi connectivity index (χ4v) is 6.22. The SMILES string of the molecule is CC(C)N1CC2(CCN(c3ccc4c(c3)Cn3cc(-c5ccc(F)cc5)cc3-c3nccn3-4)C2)C1. The maximum absolute atomic E-state index is 13.5. The van der Waals surface area contributed by atoms with Gasteiger partial charge in [-0.15, -0.1) is 0 Å². The van der Waals surface area contributed by atoms with Gasteiger partial charge in [-0.1, -0.05) is 12.1 Å². The van der Waals surface area contributed by atoms with E-state index in [2.05, 4.69) is 63.2 Å². The predicted molar refractivity (Wildman–Crippen MR) is 137 cm³/mol. The molecular weight excluding hydrogens is 437 g/mol. The van der Waals surface area contributed by atoms with Crippen LogP contribution in [0, 0.1) is 11.2 Å². The lowest BCUT2D eigenvalue weighted by Gasteiger charge is -2.50. The van der Waals surface area contributed by atoms with E-state index in [4.69, 9.17) is 4.98 Å². The summed E-state index contributed by atoms with van der Waals surface area (Å²) in [6, 6.07) is 16.4. The molecule has 5 heterocycles. The van der Waals surface area contributed by atoms with Gasteiger partial charge in [0.1, 0.15) is 5.82 Å². The van der Waals surface area contributed by atoms with Gasteiger partial charge in [0, 0.05) is 74.0 Å². The average molecular weight is 468 g/mol. The molecule has 0 unspecified atom stereocenters. The van der Waals surface area contributed by atoms with E-state index in [1.54, 1.807) is 0 Å². The largest absolute Gasteiger partial charge is 0.371 e. The quantitative estimate of drug-likeness (QED) is 0.354. The summed E-state index contributed by atoms with van der Waals surface area (Å²) >= 11 is 0. The number of likely N-dealkylation sites (tertiary alicyclic amines) is 1. The highest BCUT2D eigenvalue weighted by molar-refractivity contribution is 5.72. The molecule has 5 nitrogen and oxygen atoms in total. The van der Waals surface area contributed by atoms with Crippen LogP contribution in [0.3, 0.4) is 0 Å². The predicted octanol–water partition coefficient (Wildman–Crippen LogP) is 5.43. The van der Waals surface area contributed by atoms with Crippen molar-refractivity contribution in [2.75, 3.05) is 31.1 Å². The Labute approximate surface area is 205 Å². The smallest absolute Gasteiger partial charge is 0.161 e. The lowest BCUT2D eigenvalue weighted by atomic mass is 9.78. The summed E-state index contributed by atoms with van der Waals surface area (Å²) in [5.41, 5.74) is 7.44. The molecule has 178 valence electrons. The Bertz CT molecular complexity index is 1410. The minimum atomic E-state index is -0.214. The maximum atomic E-state index is 13.5. The lowest BCUT2D eigenvalue weighted by molar-refractivity contribution is -0.00561. The molecule has 0 aliphatic carbocycles. The van der Waals surface area contributed by atoms with Crippen LogP contribution < -0.4 is 4.90 Å². The second kappa shape index (κ2) is 7.56. The zero-order valence-corrected chi connectivity index (χ0v) is 20.3. The first-order valence-electron chi connectivity index (χ1n) is 12.6. The van der Waals surface area contributed by atoms with Crippen LogP contribution in [-0.4, -0.2) is 51.2 Å². The summed E-state index contributed by atoms with van der Waals surface area (Å²) < 4.78 is 18.0. The fourth-order valence-electron chi connectivity index (χ4n) is 6.22. The van der Waals surface area contributed by atoms with E-state index in [0.29, 0.717) is 11.5 Å². The van der Waals surface area contributed by atoms with E-state index in [9.17, 15) is 4.39 Å². The van der Waals surface area contributed by atoms with E-state index in [1.165, 1.54) is 48.6 Å². The van der Waals surface area contributed by atoms with Gasteiger partial charge >= 0.3 is 0 Å². The van der Waals surface area contributed by atoms with Crippen molar-refractivity contribution in [1.29, 1.82) is 0 Å². The molecule has 0 N–H and O–H groups in total. The second-order valence-corrected chi connectivity index (χ2v) is 10.9. The number of imidazole rings is 1. The van der Waals surface area contributed by atoms with Gasteiger partial charge in [-0.05, 0) is 67.8 Å². The molecule has 1 spiro atoms. The highest BCUT2D eigenvalue weighted by atomic mass is 19.1. The standard InChI is InChI=1S/C29H30FN5/c1-20(2)34-18-29(19-34)9-11-32(17-29)25-7-8-26-23(13-25)16-33-15-22(21-3-5-24(30)6-4-21)14-27(33)28-31-10-12-35(26)28/h3-8,10,12-15,20H,9,11,16-19H2,1-2H3. The van der Waals surface area contributed by atoms with Gasteiger partial charge in [0.15, 0.2) is 5.82 Å². The maximum Gasteiger partial charge on any atom is 0.161 e. The minimum absolute atomic E-state index is 0.214. The molecule has 35 heavy (non-hydrogen) atoms. The third-order valence-electron chi connectivity index (χ3n) is 8.22. The fraction of sp³-hybridized carbons (Fsp3) is 0.345. The van der Waals surface area contributed by atoms with Gasteiger partial charge in [0.2, 0.25) is 0 Å². The van der Waals surface area contributed by atoms with Gasteiger partial charge in [0.25, 0.3) is 0 Å². The molecular formula is C29H30FN5. The van der Waals surface area contributed by atoms with Crippen molar-refractivity contribution in [3.05, 3.63) is 78.5 Å². The van der Waals surface area contributed by atoms with E-state index in [-0.39, 0.29) is 5.82 Å². The summed E-state index contributed by atoms with van der Waals surface area (Å²) in [4.78, 5) is 9.88. The number of benzene rings is 2. The van der Waals surface area contributed by atoms with Crippen molar-refractivity contribution < 1.29 is 4.39 Å². The molecule has 0 atom stereocenters. The Morgan fingerprint density at radius 3 is 2.60 bits per heavy atom. The van der Waals surface area contributed by atoms with Crippen molar-refractivity contribution in [1.82, 2.24) is 19.0 Å². The topological polar surface area (TPSA) is 29.2 Å². The Morgan fingerprint density at radius 1 is 0.971 bits per heavy atom. The van der Waals surface area contributed by atoms with Crippen molar-refractivity contribution in [3.8, 4) is 28.3 Å². The summed E-state index contributed by atoms with van der Waals surface area (Å²) in [5.74, 6) is 0.724. The van der Waals surface area contributed by atoms with Crippen molar-refractivity contribution in [2.45, 2.75) is 32.9 Å². The number of halogens is 1. The second-order valence-electron chi connectivity index (χ2n) is 10.9. The van der Waals surface area contributed by atoms with E-state index >= 15 is 0 Å². The van der Waals surface area contributed by atoms with E-state index in [1.807, 2.05) is 24.5 Å². The van der Waals surface area contributed by atoms with Gasteiger partial charge < -0.3 is 9.47 Å². The molecule has 2 aromatic carbocycles. The first kappa shape index (κ1) is 20.9. The summed E-state index contributed by atoms with van der Waals surface area (Å²) in [7, 11) is 0. The first-order valence-corrected chi connectivity index (χ1v) is 12.6. The third-order valence-corrected chi connectivity index (χ3v) is 8.22. The van der Waals surface area contributed by atoms with Gasteiger partial charge in [0.05, 0.1) is 11.4 Å². The lowest BCUT2D eigenvalue weighted by Crippen LogP contribution is -2.59. The third kappa shape index (κ3) is 3.34.